The van der Waals surface area contributed by atoms with Crippen LogP contribution < -0.4 is 4.74 Å². The summed E-state index contributed by atoms with van der Waals surface area (Å²) < 4.78 is 12.3. The van der Waals surface area contributed by atoms with E-state index >= 15 is 0 Å². The highest BCUT2D eigenvalue weighted by Gasteiger charge is 2.40. The lowest BCUT2D eigenvalue weighted by molar-refractivity contribution is -0.143. The standard InChI is InChI=1S/C33H39ClO4/c1-21(31(35)36)33(5)16-8-10-23-13-14-26(19-29(23)33)38-20-22-12-15-27(24-9-7-11-25(34)18-24)28(17-22)30(37-6)32(2,3)4/h7,9,11-15,17-19,21,30H,8,10,16,20H2,1-6H3,(H,35,36)/t21-,30+,33-/m1/s1. The number of fused-ring (bicyclic) bond motifs is 1. The molecule has 0 aliphatic heterocycles. The topological polar surface area (TPSA) is 55.8 Å². The summed E-state index contributed by atoms with van der Waals surface area (Å²) in [5.41, 5.74) is 6.06. The van der Waals surface area contributed by atoms with Crippen LogP contribution in [0.2, 0.25) is 5.02 Å². The Labute approximate surface area is 232 Å². The van der Waals surface area contributed by atoms with Gasteiger partial charge in [0.1, 0.15) is 12.4 Å². The van der Waals surface area contributed by atoms with Crippen LogP contribution in [0.15, 0.2) is 60.7 Å². The Morgan fingerprint density at radius 2 is 1.87 bits per heavy atom. The molecular weight excluding hydrogens is 496 g/mol. The maximum atomic E-state index is 11.9. The molecule has 0 fully saturated rings. The average Bonchev–Trinajstić information content (AvgIpc) is 2.87. The van der Waals surface area contributed by atoms with E-state index in [-0.39, 0.29) is 11.5 Å². The zero-order valence-corrected chi connectivity index (χ0v) is 24.1. The van der Waals surface area contributed by atoms with Gasteiger partial charge in [-0.25, -0.2) is 0 Å². The van der Waals surface area contributed by atoms with Crippen LogP contribution in [0.1, 0.15) is 75.8 Å². The van der Waals surface area contributed by atoms with Crippen molar-refractivity contribution in [2.24, 2.45) is 11.3 Å². The fraction of sp³-hybridized carbons (Fsp3) is 0.424. The minimum atomic E-state index is -0.759. The smallest absolute Gasteiger partial charge is 0.307 e. The van der Waals surface area contributed by atoms with Gasteiger partial charge in [0.2, 0.25) is 0 Å². The maximum absolute atomic E-state index is 11.9. The molecule has 38 heavy (non-hydrogen) atoms. The molecule has 0 spiro atoms. The first-order valence-corrected chi connectivity index (χ1v) is 13.7. The first-order chi connectivity index (χ1) is 17.9. The largest absolute Gasteiger partial charge is 0.489 e. The Morgan fingerprint density at radius 3 is 2.53 bits per heavy atom. The van der Waals surface area contributed by atoms with Gasteiger partial charge in [0.15, 0.2) is 0 Å². The molecule has 1 N–H and O–H groups in total. The summed E-state index contributed by atoms with van der Waals surface area (Å²) in [6.07, 6.45) is 2.70. The number of carbonyl (C=O) groups is 1. The molecule has 1 aliphatic rings. The summed E-state index contributed by atoms with van der Waals surface area (Å²) in [6.45, 7) is 10.8. The van der Waals surface area contributed by atoms with Gasteiger partial charge >= 0.3 is 5.97 Å². The van der Waals surface area contributed by atoms with Crippen molar-refractivity contribution in [3.63, 3.8) is 0 Å². The fourth-order valence-electron chi connectivity index (χ4n) is 5.85. The van der Waals surface area contributed by atoms with E-state index in [1.54, 1.807) is 7.11 Å². The molecule has 0 bridgehead atoms. The Morgan fingerprint density at radius 1 is 1.11 bits per heavy atom. The summed E-state index contributed by atoms with van der Waals surface area (Å²) in [6, 6.07) is 20.4. The predicted octanol–water partition coefficient (Wildman–Crippen LogP) is 8.63. The number of ether oxygens (including phenoxy) is 2. The number of carboxylic acid groups (broad SMARTS) is 1. The van der Waals surface area contributed by atoms with Crippen LogP contribution in [0.5, 0.6) is 5.75 Å². The summed E-state index contributed by atoms with van der Waals surface area (Å²) in [5, 5.41) is 10.5. The van der Waals surface area contributed by atoms with Crippen LogP contribution in [0, 0.1) is 11.3 Å². The van der Waals surface area contributed by atoms with Crippen LogP contribution in [-0.4, -0.2) is 18.2 Å². The first kappa shape index (κ1) is 28.2. The monoisotopic (exact) mass is 534 g/mol. The number of hydrogen-bond donors (Lipinski definition) is 1. The van der Waals surface area contributed by atoms with Crippen molar-refractivity contribution in [3.05, 3.63) is 87.9 Å². The molecule has 0 saturated heterocycles. The molecule has 202 valence electrons. The molecule has 4 nitrogen and oxygen atoms in total. The number of rotatable bonds is 8. The zero-order valence-electron chi connectivity index (χ0n) is 23.3. The molecular formula is C33H39ClO4. The predicted molar refractivity (Wildman–Crippen MR) is 154 cm³/mol. The summed E-state index contributed by atoms with van der Waals surface area (Å²) in [4.78, 5) is 11.9. The number of hydrogen-bond acceptors (Lipinski definition) is 3. The quantitative estimate of drug-likeness (QED) is 0.314. The Bertz CT molecular complexity index is 1310. The van der Waals surface area contributed by atoms with Gasteiger partial charge in [-0.1, -0.05) is 76.6 Å². The molecule has 0 aromatic heterocycles. The molecule has 3 atom stereocenters. The Balaban J connectivity index is 1.66. The van der Waals surface area contributed by atoms with Crippen molar-refractivity contribution in [2.75, 3.05) is 7.11 Å². The number of methoxy groups -OCH3 is 1. The van der Waals surface area contributed by atoms with Gasteiger partial charge in [0.25, 0.3) is 0 Å². The number of aliphatic carboxylic acids is 1. The molecule has 1 aliphatic carbocycles. The highest BCUT2D eigenvalue weighted by atomic mass is 35.5. The van der Waals surface area contributed by atoms with Crippen LogP contribution in [0.4, 0.5) is 0 Å². The van der Waals surface area contributed by atoms with Crippen LogP contribution >= 0.6 is 11.6 Å². The third-order valence-electron chi connectivity index (χ3n) is 8.13. The maximum Gasteiger partial charge on any atom is 0.307 e. The lowest BCUT2D eigenvalue weighted by atomic mass is 9.64. The normalized spacial score (nSPS) is 18.9. The fourth-order valence-corrected chi connectivity index (χ4v) is 6.04. The Hall–Kier alpha value is -2.82. The molecule has 0 amide bonds. The van der Waals surface area contributed by atoms with Crippen LogP contribution in [0.25, 0.3) is 11.1 Å². The van der Waals surface area contributed by atoms with Gasteiger partial charge in [-0.05, 0) is 88.4 Å². The van der Waals surface area contributed by atoms with Gasteiger partial charge in [0, 0.05) is 17.5 Å². The van der Waals surface area contributed by atoms with E-state index < -0.39 is 17.3 Å². The van der Waals surface area contributed by atoms with Gasteiger partial charge in [0.05, 0.1) is 12.0 Å². The van der Waals surface area contributed by atoms with E-state index in [0.29, 0.717) is 11.6 Å². The second-order valence-electron chi connectivity index (χ2n) is 11.9. The number of halogens is 1. The Kier molecular flexibility index (Phi) is 8.25. The van der Waals surface area contributed by atoms with E-state index in [2.05, 4.69) is 64.1 Å². The van der Waals surface area contributed by atoms with E-state index in [4.69, 9.17) is 21.1 Å². The van der Waals surface area contributed by atoms with Crippen LogP contribution in [0.3, 0.4) is 0 Å². The molecule has 0 saturated carbocycles. The summed E-state index contributed by atoms with van der Waals surface area (Å²) >= 11 is 6.32. The van der Waals surface area contributed by atoms with Crippen molar-refractivity contribution in [3.8, 4) is 16.9 Å². The molecule has 0 unspecified atom stereocenters. The number of benzene rings is 3. The second kappa shape index (κ2) is 11.1. The first-order valence-electron chi connectivity index (χ1n) is 13.3. The average molecular weight is 535 g/mol. The van der Waals surface area contributed by atoms with Crippen LogP contribution in [-0.2, 0) is 28.0 Å². The van der Waals surface area contributed by atoms with Crippen molar-refractivity contribution in [1.82, 2.24) is 0 Å². The lowest BCUT2D eigenvalue weighted by Crippen LogP contribution is -2.38. The molecule has 3 aromatic rings. The SMILES string of the molecule is CO[C@@H](c1cc(COc2ccc3c(c2)[C@@](C)([C@H](C)C(=O)O)CCC3)ccc1-c1cccc(Cl)c1)C(C)(C)C. The summed E-state index contributed by atoms with van der Waals surface area (Å²) in [5.74, 6) is -0.471. The van der Waals surface area contributed by atoms with Crippen molar-refractivity contribution in [2.45, 2.75) is 72.0 Å². The van der Waals surface area contributed by atoms with E-state index in [0.717, 1.165) is 52.8 Å². The minimum Gasteiger partial charge on any atom is -0.489 e. The van der Waals surface area contributed by atoms with E-state index in [1.165, 1.54) is 5.56 Å². The lowest BCUT2D eigenvalue weighted by Gasteiger charge is -2.39. The van der Waals surface area contributed by atoms with E-state index in [9.17, 15) is 9.90 Å². The van der Waals surface area contributed by atoms with Gasteiger partial charge in [-0.2, -0.15) is 0 Å². The molecule has 5 heteroatoms. The number of aryl methyl sites for hydroxylation is 1. The van der Waals surface area contributed by atoms with Crippen molar-refractivity contribution < 1.29 is 19.4 Å². The van der Waals surface area contributed by atoms with Gasteiger partial charge in [-0.3, -0.25) is 4.79 Å². The van der Waals surface area contributed by atoms with E-state index in [1.807, 2.05) is 31.2 Å². The molecule has 3 aromatic carbocycles. The molecule has 0 radical (unpaired) electrons. The number of carboxylic acids is 1. The molecule has 4 rings (SSSR count). The minimum absolute atomic E-state index is 0.120. The van der Waals surface area contributed by atoms with Crippen molar-refractivity contribution >= 4 is 17.6 Å². The molecule has 0 heterocycles. The third-order valence-corrected chi connectivity index (χ3v) is 8.36. The van der Waals surface area contributed by atoms with Crippen molar-refractivity contribution in [1.29, 1.82) is 0 Å². The van der Waals surface area contributed by atoms with Gasteiger partial charge < -0.3 is 14.6 Å². The van der Waals surface area contributed by atoms with Gasteiger partial charge in [-0.15, -0.1) is 0 Å². The second-order valence-corrected chi connectivity index (χ2v) is 12.3. The highest BCUT2D eigenvalue weighted by molar-refractivity contribution is 6.30. The summed E-state index contributed by atoms with van der Waals surface area (Å²) in [7, 11) is 1.75. The highest BCUT2D eigenvalue weighted by Crippen LogP contribution is 2.44. The third kappa shape index (κ3) is 5.77. The zero-order chi connectivity index (χ0) is 27.7.